The van der Waals surface area contributed by atoms with Crippen LogP contribution in [0.25, 0.3) is 33.2 Å². The second-order valence-electron chi connectivity index (χ2n) is 8.39. The van der Waals surface area contributed by atoms with Crippen molar-refractivity contribution in [3.63, 3.8) is 0 Å². The molecule has 2 N–H and O–H groups in total. The Bertz CT molecular complexity index is 1410. The number of H-pyrrole nitrogens is 1. The van der Waals surface area contributed by atoms with Gasteiger partial charge in [-0.25, -0.2) is 19.9 Å². The first-order valence-electron chi connectivity index (χ1n) is 11.3. The molecule has 0 aliphatic carbocycles. The van der Waals surface area contributed by atoms with Crippen molar-refractivity contribution in [1.29, 1.82) is 0 Å². The molecule has 3 aromatic heterocycles. The molecule has 1 atom stereocenters. The number of aromatic nitrogens is 6. The van der Waals surface area contributed by atoms with E-state index in [1.54, 1.807) is 12.5 Å². The Kier molecular flexibility index (Phi) is 5.54. The molecule has 0 spiro atoms. The molecule has 9 heteroatoms. The summed E-state index contributed by atoms with van der Waals surface area (Å²) in [6.07, 6.45) is 5.18. The maximum absolute atomic E-state index is 5.67. The zero-order valence-corrected chi connectivity index (χ0v) is 18.6. The molecule has 0 bridgehead atoms. The second-order valence-corrected chi connectivity index (χ2v) is 8.39. The molecule has 0 unspecified atom stereocenters. The van der Waals surface area contributed by atoms with Gasteiger partial charge in [0.25, 0.3) is 0 Å². The van der Waals surface area contributed by atoms with Gasteiger partial charge in [-0.05, 0) is 17.7 Å². The van der Waals surface area contributed by atoms with E-state index in [0.717, 1.165) is 53.8 Å². The van der Waals surface area contributed by atoms with Crippen LogP contribution < -0.4 is 10.2 Å². The Balaban J connectivity index is 1.33. The molecule has 34 heavy (non-hydrogen) atoms. The van der Waals surface area contributed by atoms with Crippen LogP contribution >= 0.6 is 0 Å². The van der Waals surface area contributed by atoms with Crippen LogP contribution in [0.15, 0.2) is 67.3 Å². The first-order chi connectivity index (χ1) is 16.8. The average molecular weight is 453 g/mol. The fourth-order valence-corrected chi connectivity index (χ4v) is 4.34. The molecule has 1 fully saturated rings. The van der Waals surface area contributed by atoms with E-state index in [1.807, 2.05) is 24.4 Å². The lowest BCUT2D eigenvalue weighted by Crippen LogP contribution is -2.48. The van der Waals surface area contributed by atoms with E-state index in [1.165, 1.54) is 5.56 Å². The van der Waals surface area contributed by atoms with Crippen LogP contribution in [0.2, 0.25) is 0 Å². The van der Waals surface area contributed by atoms with Crippen molar-refractivity contribution in [2.75, 3.05) is 31.2 Å². The molecular weight excluding hydrogens is 428 g/mol. The van der Waals surface area contributed by atoms with E-state index in [9.17, 15) is 0 Å². The van der Waals surface area contributed by atoms with Gasteiger partial charge in [-0.2, -0.15) is 5.10 Å². The summed E-state index contributed by atoms with van der Waals surface area (Å²) in [5.74, 6) is 0.704. The van der Waals surface area contributed by atoms with Gasteiger partial charge in [0.15, 0.2) is 5.65 Å². The molecule has 5 aromatic rings. The number of benzene rings is 2. The highest BCUT2D eigenvalue weighted by Crippen LogP contribution is 2.27. The van der Waals surface area contributed by atoms with E-state index in [2.05, 4.69) is 60.7 Å². The fraction of sp³-hybridized carbons (Fsp3) is 0.240. The Morgan fingerprint density at radius 1 is 1.03 bits per heavy atom. The molecule has 0 saturated carbocycles. The molecule has 1 saturated heterocycles. The molecule has 0 radical (unpaired) electrons. The van der Waals surface area contributed by atoms with Crippen LogP contribution in [0.4, 0.5) is 5.95 Å². The molecule has 9 nitrogen and oxygen atoms in total. The van der Waals surface area contributed by atoms with Crippen molar-refractivity contribution in [3.05, 3.63) is 72.8 Å². The van der Waals surface area contributed by atoms with Gasteiger partial charge in [-0.3, -0.25) is 5.10 Å². The zero-order chi connectivity index (χ0) is 22.7. The third-order valence-electron chi connectivity index (χ3n) is 6.03. The van der Waals surface area contributed by atoms with Crippen LogP contribution in [-0.4, -0.2) is 62.5 Å². The van der Waals surface area contributed by atoms with E-state index < -0.39 is 0 Å². The Hall–Kier alpha value is -3.95. The topological polar surface area (TPSA) is 105 Å². The van der Waals surface area contributed by atoms with Gasteiger partial charge < -0.3 is 15.0 Å². The van der Waals surface area contributed by atoms with Crippen LogP contribution in [0, 0.1) is 0 Å². The first kappa shape index (κ1) is 20.6. The number of fused-ring (bicyclic) bond motifs is 2. The van der Waals surface area contributed by atoms with Crippen LogP contribution in [-0.2, 0) is 11.3 Å². The van der Waals surface area contributed by atoms with Gasteiger partial charge in [0.2, 0.25) is 5.95 Å². The smallest absolute Gasteiger partial charge is 0.226 e. The summed E-state index contributed by atoms with van der Waals surface area (Å²) in [6.45, 7) is 3.78. The predicted octanol–water partition coefficient (Wildman–Crippen LogP) is 2.96. The van der Waals surface area contributed by atoms with Crippen molar-refractivity contribution in [1.82, 2.24) is 35.5 Å². The Morgan fingerprint density at radius 2 is 1.97 bits per heavy atom. The lowest BCUT2D eigenvalue weighted by atomic mass is 10.1. The minimum absolute atomic E-state index is 0.231. The second kappa shape index (κ2) is 9.12. The Labute approximate surface area is 196 Å². The van der Waals surface area contributed by atoms with E-state index >= 15 is 0 Å². The SMILES string of the molecule is c1ccc(CN(C[C@H]2COCCN2)c2ncc3cc(-c4ncnc5[nH]ncc45)ccc3n2)cc1. The number of hydrogen-bond acceptors (Lipinski definition) is 8. The largest absolute Gasteiger partial charge is 0.378 e. The number of ether oxygens (including phenoxy) is 1. The number of nitrogens with zero attached hydrogens (tertiary/aromatic N) is 6. The first-order valence-corrected chi connectivity index (χ1v) is 11.3. The van der Waals surface area contributed by atoms with Crippen molar-refractivity contribution < 1.29 is 4.74 Å². The van der Waals surface area contributed by atoms with Crippen molar-refractivity contribution in [2.45, 2.75) is 12.6 Å². The van der Waals surface area contributed by atoms with Gasteiger partial charge in [0.1, 0.15) is 6.33 Å². The monoisotopic (exact) mass is 452 g/mol. The maximum Gasteiger partial charge on any atom is 0.226 e. The van der Waals surface area contributed by atoms with Gasteiger partial charge in [0, 0.05) is 42.8 Å². The van der Waals surface area contributed by atoms with Crippen molar-refractivity contribution in [3.8, 4) is 11.3 Å². The third kappa shape index (κ3) is 4.18. The summed E-state index contributed by atoms with van der Waals surface area (Å²) >= 11 is 0. The number of anilines is 1. The zero-order valence-electron chi connectivity index (χ0n) is 18.6. The summed E-state index contributed by atoms with van der Waals surface area (Å²) in [6, 6.07) is 16.8. The fourth-order valence-electron chi connectivity index (χ4n) is 4.34. The van der Waals surface area contributed by atoms with Crippen LogP contribution in [0.3, 0.4) is 0 Å². The highest BCUT2D eigenvalue weighted by atomic mass is 16.5. The van der Waals surface area contributed by atoms with Gasteiger partial charge in [0.05, 0.1) is 36.0 Å². The molecule has 1 aliphatic heterocycles. The van der Waals surface area contributed by atoms with Crippen molar-refractivity contribution in [2.24, 2.45) is 0 Å². The normalized spacial score (nSPS) is 16.2. The minimum atomic E-state index is 0.231. The summed E-state index contributed by atoms with van der Waals surface area (Å²) in [5.41, 5.74) is 4.62. The summed E-state index contributed by atoms with van der Waals surface area (Å²) in [5, 5.41) is 12.4. The maximum atomic E-state index is 5.67. The number of rotatable bonds is 6. The molecule has 4 heterocycles. The third-order valence-corrected chi connectivity index (χ3v) is 6.03. The van der Waals surface area contributed by atoms with E-state index in [-0.39, 0.29) is 6.04 Å². The highest BCUT2D eigenvalue weighted by molar-refractivity contribution is 5.93. The molecule has 170 valence electrons. The predicted molar refractivity (Wildman–Crippen MR) is 130 cm³/mol. The number of morpholine rings is 1. The molecule has 1 aliphatic rings. The van der Waals surface area contributed by atoms with Gasteiger partial charge >= 0.3 is 0 Å². The summed E-state index contributed by atoms with van der Waals surface area (Å²) in [7, 11) is 0. The lowest BCUT2D eigenvalue weighted by molar-refractivity contribution is 0.0786. The van der Waals surface area contributed by atoms with Gasteiger partial charge in [-0.15, -0.1) is 0 Å². The summed E-state index contributed by atoms with van der Waals surface area (Å²) < 4.78 is 5.67. The standard InChI is InChI=1S/C25H24N8O/c1-2-4-17(5-3-1)13-33(14-20-15-34-9-8-26-20)25-27-11-19-10-18(6-7-22(19)31-25)23-21-12-30-32-24(21)29-16-28-23/h1-7,10-12,16,20,26H,8-9,13-15H2,(H,28,29,30,32)/t20-/m0/s1. The minimum Gasteiger partial charge on any atom is -0.378 e. The van der Waals surface area contributed by atoms with Crippen molar-refractivity contribution >= 4 is 27.9 Å². The summed E-state index contributed by atoms with van der Waals surface area (Å²) in [4.78, 5) is 20.6. The lowest BCUT2D eigenvalue weighted by Gasteiger charge is -2.30. The number of aromatic amines is 1. The molecule has 0 amide bonds. The van der Waals surface area contributed by atoms with E-state index in [4.69, 9.17) is 14.7 Å². The number of nitrogens with one attached hydrogen (secondary N) is 2. The van der Waals surface area contributed by atoms with E-state index in [0.29, 0.717) is 18.2 Å². The molecule has 2 aromatic carbocycles. The molecule has 6 rings (SSSR count). The average Bonchev–Trinajstić information content (AvgIpc) is 3.38. The highest BCUT2D eigenvalue weighted by Gasteiger charge is 2.20. The van der Waals surface area contributed by atoms with Gasteiger partial charge in [-0.1, -0.05) is 36.4 Å². The number of hydrogen-bond donors (Lipinski definition) is 2. The Morgan fingerprint density at radius 3 is 2.85 bits per heavy atom. The molecular formula is C25H24N8O. The van der Waals surface area contributed by atoms with Crippen LogP contribution in [0.5, 0.6) is 0 Å². The quantitative estimate of drug-likeness (QED) is 0.405. The van der Waals surface area contributed by atoms with Crippen LogP contribution in [0.1, 0.15) is 5.56 Å².